The lowest BCUT2D eigenvalue weighted by Crippen LogP contribution is -2.35. The molecule has 1 aliphatic rings. The van der Waals surface area contributed by atoms with Crippen molar-refractivity contribution in [2.45, 2.75) is 27.2 Å². The van der Waals surface area contributed by atoms with Gasteiger partial charge in [-0.3, -0.25) is 4.31 Å². The van der Waals surface area contributed by atoms with Crippen LogP contribution in [0.2, 0.25) is 0 Å². The average Bonchev–Trinajstić information content (AvgIpc) is 2.59. The van der Waals surface area contributed by atoms with Crippen LogP contribution in [0.5, 0.6) is 0 Å². The predicted octanol–water partition coefficient (Wildman–Crippen LogP) is 2.01. The number of fused-ring (bicyclic) bond motifs is 1. The van der Waals surface area contributed by atoms with Gasteiger partial charge in [-0.2, -0.15) is 0 Å². The zero-order valence-electron chi connectivity index (χ0n) is 11.1. The van der Waals surface area contributed by atoms with Crippen LogP contribution in [0.3, 0.4) is 0 Å². The fraction of sp³-hybridized carbons (Fsp3) is 0.538. The lowest BCUT2D eigenvalue weighted by Gasteiger charge is -2.25. The highest BCUT2D eigenvalue weighted by Crippen LogP contribution is 2.35. The van der Waals surface area contributed by atoms with Gasteiger partial charge < -0.3 is 5.73 Å². The minimum absolute atomic E-state index is 0.147. The Hall–Kier alpha value is -1.23. The summed E-state index contributed by atoms with van der Waals surface area (Å²) in [6, 6.07) is 5.46. The lowest BCUT2D eigenvalue weighted by molar-refractivity contribution is 0.461. The summed E-state index contributed by atoms with van der Waals surface area (Å²) in [4.78, 5) is 0. The molecule has 1 aliphatic heterocycles. The van der Waals surface area contributed by atoms with Crippen molar-refractivity contribution < 1.29 is 8.42 Å². The van der Waals surface area contributed by atoms with Crippen LogP contribution in [0, 0.1) is 5.41 Å². The van der Waals surface area contributed by atoms with E-state index in [4.69, 9.17) is 5.73 Å². The van der Waals surface area contributed by atoms with Crippen molar-refractivity contribution >= 4 is 21.4 Å². The number of sulfonamides is 1. The number of hydrogen-bond acceptors (Lipinski definition) is 3. The number of anilines is 2. The SMILES string of the molecule is CC(C)(C)CS(=O)(=O)N1CCc2c(N)cccc21. The average molecular weight is 268 g/mol. The number of nitrogen functional groups attached to an aromatic ring is 1. The van der Waals surface area contributed by atoms with E-state index in [-0.39, 0.29) is 11.2 Å². The molecule has 0 fully saturated rings. The van der Waals surface area contributed by atoms with Crippen molar-refractivity contribution in [3.05, 3.63) is 23.8 Å². The van der Waals surface area contributed by atoms with Gasteiger partial charge in [-0.25, -0.2) is 8.42 Å². The van der Waals surface area contributed by atoms with E-state index in [0.717, 1.165) is 11.3 Å². The molecule has 0 bridgehead atoms. The summed E-state index contributed by atoms with van der Waals surface area (Å²) in [5, 5.41) is 0. The van der Waals surface area contributed by atoms with Crippen molar-refractivity contribution in [3.8, 4) is 0 Å². The topological polar surface area (TPSA) is 63.4 Å². The number of nitrogens with two attached hydrogens (primary N) is 1. The fourth-order valence-electron chi connectivity index (χ4n) is 2.35. The molecule has 2 N–H and O–H groups in total. The third-order valence-electron chi connectivity index (χ3n) is 2.97. The summed E-state index contributed by atoms with van der Waals surface area (Å²) < 4.78 is 26.3. The summed E-state index contributed by atoms with van der Waals surface area (Å²) in [5.41, 5.74) is 8.02. The second-order valence-electron chi connectivity index (χ2n) is 5.98. The molecule has 0 radical (unpaired) electrons. The zero-order valence-corrected chi connectivity index (χ0v) is 11.9. The lowest BCUT2D eigenvalue weighted by atomic mass is 10.0. The van der Waals surface area contributed by atoms with E-state index in [0.29, 0.717) is 18.7 Å². The molecule has 4 nitrogen and oxygen atoms in total. The summed E-state index contributed by atoms with van der Waals surface area (Å²) in [7, 11) is -3.27. The Labute approximate surface area is 109 Å². The molecule has 1 aromatic carbocycles. The molecule has 18 heavy (non-hydrogen) atoms. The molecule has 100 valence electrons. The molecular formula is C13H20N2O2S. The molecule has 1 aromatic rings. The van der Waals surface area contributed by atoms with E-state index >= 15 is 0 Å². The highest BCUT2D eigenvalue weighted by molar-refractivity contribution is 7.92. The monoisotopic (exact) mass is 268 g/mol. The molecule has 0 atom stereocenters. The summed E-state index contributed by atoms with van der Waals surface area (Å²) in [6.45, 7) is 6.30. The van der Waals surface area contributed by atoms with Gasteiger partial charge in [0.15, 0.2) is 0 Å². The van der Waals surface area contributed by atoms with Crippen molar-refractivity contribution in [3.63, 3.8) is 0 Å². The van der Waals surface area contributed by atoms with Gasteiger partial charge in [0.1, 0.15) is 0 Å². The van der Waals surface area contributed by atoms with Crippen LogP contribution < -0.4 is 10.0 Å². The van der Waals surface area contributed by atoms with E-state index < -0.39 is 10.0 Å². The van der Waals surface area contributed by atoms with Crippen molar-refractivity contribution in [2.24, 2.45) is 5.41 Å². The van der Waals surface area contributed by atoms with E-state index in [2.05, 4.69) is 0 Å². The summed E-state index contributed by atoms with van der Waals surface area (Å²) in [5.74, 6) is 0.147. The minimum Gasteiger partial charge on any atom is -0.398 e. The van der Waals surface area contributed by atoms with Crippen molar-refractivity contribution in [2.75, 3.05) is 22.3 Å². The van der Waals surface area contributed by atoms with Crippen molar-refractivity contribution in [1.82, 2.24) is 0 Å². The van der Waals surface area contributed by atoms with Gasteiger partial charge >= 0.3 is 0 Å². The standard InChI is InChI=1S/C13H20N2O2S/c1-13(2,3)9-18(16,17)15-8-7-10-11(14)5-4-6-12(10)15/h4-6H,7-9,14H2,1-3H3. The Morgan fingerprint density at radius 3 is 2.61 bits per heavy atom. The normalized spacial score (nSPS) is 15.8. The first-order valence-electron chi connectivity index (χ1n) is 6.08. The van der Waals surface area contributed by atoms with E-state index in [1.54, 1.807) is 6.07 Å². The first-order valence-corrected chi connectivity index (χ1v) is 7.69. The highest BCUT2D eigenvalue weighted by Gasteiger charge is 2.33. The second kappa shape index (κ2) is 4.16. The molecule has 2 rings (SSSR count). The van der Waals surface area contributed by atoms with Crippen LogP contribution in [-0.4, -0.2) is 20.7 Å². The molecule has 0 amide bonds. The third-order valence-corrected chi connectivity index (χ3v) is 5.25. The molecule has 0 spiro atoms. The molecular weight excluding hydrogens is 248 g/mol. The fourth-order valence-corrected chi connectivity index (χ4v) is 4.44. The van der Waals surface area contributed by atoms with Gasteiger partial charge in [0.25, 0.3) is 0 Å². The predicted molar refractivity (Wildman–Crippen MR) is 75.1 cm³/mol. The van der Waals surface area contributed by atoms with Crippen LogP contribution >= 0.6 is 0 Å². The highest BCUT2D eigenvalue weighted by atomic mass is 32.2. The first kappa shape index (κ1) is 13.2. The van der Waals surface area contributed by atoms with Crippen LogP contribution in [0.4, 0.5) is 11.4 Å². The van der Waals surface area contributed by atoms with Crippen LogP contribution in [0.25, 0.3) is 0 Å². The van der Waals surface area contributed by atoms with Crippen LogP contribution in [0.15, 0.2) is 18.2 Å². The Balaban J connectivity index is 2.37. The van der Waals surface area contributed by atoms with Gasteiger partial charge in [0, 0.05) is 17.8 Å². The zero-order chi connectivity index (χ0) is 13.6. The Kier molecular flexibility index (Phi) is 3.05. The molecule has 0 saturated heterocycles. The van der Waals surface area contributed by atoms with E-state index in [1.165, 1.54) is 4.31 Å². The summed E-state index contributed by atoms with van der Waals surface area (Å²) in [6.07, 6.45) is 0.700. The number of nitrogens with zero attached hydrogens (tertiary/aromatic N) is 1. The van der Waals surface area contributed by atoms with Gasteiger partial charge in [-0.1, -0.05) is 26.8 Å². The van der Waals surface area contributed by atoms with Gasteiger partial charge in [-0.15, -0.1) is 0 Å². The number of hydrogen-bond donors (Lipinski definition) is 1. The number of rotatable bonds is 2. The van der Waals surface area contributed by atoms with E-state index in [9.17, 15) is 8.42 Å². The maximum Gasteiger partial charge on any atom is 0.235 e. The van der Waals surface area contributed by atoms with E-state index in [1.807, 2.05) is 32.9 Å². The largest absolute Gasteiger partial charge is 0.398 e. The molecule has 0 unspecified atom stereocenters. The first-order chi connectivity index (χ1) is 8.21. The minimum atomic E-state index is -3.27. The third kappa shape index (κ3) is 2.46. The smallest absolute Gasteiger partial charge is 0.235 e. The molecule has 0 aromatic heterocycles. The summed E-state index contributed by atoms with van der Waals surface area (Å²) >= 11 is 0. The molecule has 0 aliphatic carbocycles. The Bertz CT molecular complexity index is 559. The van der Waals surface area contributed by atoms with Gasteiger partial charge in [-0.05, 0) is 24.0 Å². The quantitative estimate of drug-likeness (QED) is 0.834. The molecule has 5 heteroatoms. The van der Waals surface area contributed by atoms with Crippen LogP contribution in [-0.2, 0) is 16.4 Å². The van der Waals surface area contributed by atoms with Crippen LogP contribution in [0.1, 0.15) is 26.3 Å². The molecule has 0 saturated carbocycles. The Morgan fingerprint density at radius 1 is 1.33 bits per heavy atom. The van der Waals surface area contributed by atoms with Gasteiger partial charge in [0.2, 0.25) is 10.0 Å². The number of benzene rings is 1. The van der Waals surface area contributed by atoms with Crippen molar-refractivity contribution in [1.29, 1.82) is 0 Å². The van der Waals surface area contributed by atoms with Gasteiger partial charge in [0.05, 0.1) is 11.4 Å². The molecule has 1 heterocycles. The Morgan fingerprint density at radius 2 is 2.00 bits per heavy atom. The maximum absolute atomic E-state index is 12.4. The maximum atomic E-state index is 12.4. The second-order valence-corrected chi connectivity index (χ2v) is 7.88.